The first-order valence-corrected chi connectivity index (χ1v) is 6.91. The Morgan fingerprint density at radius 1 is 1.32 bits per heavy atom. The Morgan fingerprint density at radius 3 is 2.53 bits per heavy atom. The van der Waals surface area contributed by atoms with Gasteiger partial charge < -0.3 is 5.32 Å². The van der Waals surface area contributed by atoms with E-state index in [2.05, 4.69) is 38.8 Å². The second kappa shape index (κ2) is 9.22. The standard InChI is InChI=1S/C13H16BrClN2.2ClH/c1-2-13(17-7-5-16-6-8-17)11-9-10(14)3-4-12(11)15;;/h2-4,9,13,16H,1,5-8H2;2*1H/t13-;;/m1../s1. The van der Waals surface area contributed by atoms with E-state index in [0.29, 0.717) is 0 Å². The minimum absolute atomic E-state index is 0. The second-order valence-electron chi connectivity index (χ2n) is 4.13. The molecule has 0 saturated carbocycles. The zero-order valence-electron chi connectivity index (χ0n) is 10.4. The third kappa shape index (κ3) is 4.92. The summed E-state index contributed by atoms with van der Waals surface area (Å²) in [6, 6.07) is 6.17. The van der Waals surface area contributed by atoms with E-state index < -0.39 is 0 Å². The Balaban J connectivity index is 0.00000162. The average Bonchev–Trinajstić information content (AvgIpc) is 2.36. The smallest absolute Gasteiger partial charge is 0.0545 e. The summed E-state index contributed by atoms with van der Waals surface area (Å²) in [7, 11) is 0. The van der Waals surface area contributed by atoms with E-state index in [1.807, 2.05) is 18.2 Å². The zero-order valence-corrected chi connectivity index (χ0v) is 14.4. The van der Waals surface area contributed by atoms with Crippen molar-refractivity contribution in [1.29, 1.82) is 0 Å². The molecule has 1 aromatic rings. The molecule has 108 valence electrons. The van der Waals surface area contributed by atoms with Crippen LogP contribution in [-0.2, 0) is 0 Å². The molecule has 0 amide bonds. The third-order valence-corrected chi connectivity index (χ3v) is 3.88. The first-order valence-electron chi connectivity index (χ1n) is 5.74. The molecule has 0 radical (unpaired) electrons. The maximum atomic E-state index is 6.28. The van der Waals surface area contributed by atoms with E-state index in [9.17, 15) is 0 Å². The van der Waals surface area contributed by atoms with Crippen LogP contribution in [0.4, 0.5) is 0 Å². The van der Waals surface area contributed by atoms with Crippen LogP contribution in [0.15, 0.2) is 35.3 Å². The molecule has 0 spiro atoms. The van der Waals surface area contributed by atoms with E-state index in [1.165, 1.54) is 0 Å². The Morgan fingerprint density at radius 2 is 1.95 bits per heavy atom. The van der Waals surface area contributed by atoms with Crippen LogP contribution < -0.4 is 5.32 Å². The number of hydrogen-bond donors (Lipinski definition) is 1. The van der Waals surface area contributed by atoms with E-state index in [1.54, 1.807) is 0 Å². The van der Waals surface area contributed by atoms with Gasteiger partial charge in [-0.3, -0.25) is 4.90 Å². The molecule has 0 aliphatic carbocycles. The van der Waals surface area contributed by atoms with Gasteiger partial charge in [0.2, 0.25) is 0 Å². The number of piperazine rings is 1. The van der Waals surface area contributed by atoms with Crippen LogP contribution in [0.1, 0.15) is 11.6 Å². The van der Waals surface area contributed by atoms with Gasteiger partial charge in [-0.15, -0.1) is 31.4 Å². The Bertz CT molecular complexity index is 409. The zero-order chi connectivity index (χ0) is 12.3. The highest BCUT2D eigenvalue weighted by Gasteiger charge is 2.21. The van der Waals surface area contributed by atoms with Gasteiger partial charge in [0.25, 0.3) is 0 Å². The molecule has 1 fully saturated rings. The highest BCUT2D eigenvalue weighted by molar-refractivity contribution is 9.10. The minimum atomic E-state index is 0. The number of nitrogens with zero attached hydrogens (tertiary/aromatic N) is 1. The summed E-state index contributed by atoms with van der Waals surface area (Å²) < 4.78 is 1.05. The summed E-state index contributed by atoms with van der Waals surface area (Å²) in [4.78, 5) is 2.40. The average molecular weight is 389 g/mol. The van der Waals surface area contributed by atoms with Crippen LogP contribution in [0.5, 0.6) is 0 Å². The lowest BCUT2D eigenvalue weighted by Gasteiger charge is -2.33. The van der Waals surface area contributed by atoms with Gasteiger partial charge in [0, 0.05) is 35.7 Å². The number of rotatable bonds is 3. The molecule has 1 aromatic carbocycles. The summed E-state index contributed by atoms with van der Waals surface area (Å²) in [6.45, 7) is 8.05. The monoisotopic (exact) mass is 386 g/mol. The summed E-state index contributed by atoms with van der Waals surface area (Å²) >= 11 is 9.77. The van der Waals surface area contributed by atoms with Gasteiger partial charge in [0.1, 0.15) is 0 Å². The fourth-order valence-corrected chi connectivity index (χ4v) is 2.78. The van der Waals surface area contributed by atoms with Crippen molar-refractivity contribution >= 4 is 52.3 Å². The molecule has 6 heteroatoms. The molecule has 0 unspecified atom stereocenters. The van der Waals surface area contributed by atoms with Crippen molar-refractivity contribution in [3.63, 3.8) is 0 Å². The topological polar surface area (TPSA) is 15.3 Å². The van der Waals surface area contributed by atoms with E-state index in [4.69, 9.17) is 11.6 Å². The highest BCUT2D eigenvalue weighted by Crippen LogP contribution is 2.31. The molecule has 1 aliphatic heterocycles. The van der Waals surface area contributed by atoms with Crippen molar-refractivity contribution in [3.05, 3.63) is 45.9 Å². The summed E-state index contributed by atoms with van der Waals surface area (Å²) in [6.07, 6.45) is 1.97. The molecule has 0 aromatic heterocycles. The first kappa shape index (κ1) is 19.2. The van der Waals surface area contributed by atoms with Crippen molar-refractivity contribution < 1.29 is 0 Å². The van der Waals surface area contributed by atoms with Crippen LogP contribution in [0.2, 0.25) is 5.02 Å². The molecule has 1 saturated heterocycles. The quantitative estimate of drug-likeness (QED) is 0.785. The van der Waals surface area contributed by atoms with Crippen molar-refractivity contribution in [2.75, 3.05) is 26.2 Å². The van der Waals surface area contributed by atoms with Crippen LogP contribution in [-0.4, -0.2) is 31.1 Å². The SMILES string of the molecule is C=C[C@H](c1cc(Br)ccc1Cl)N1CCNCC1.Cl.Cl. The Kier molecular flexibility index (Phi) is 9.33. The summed E-state index contributed by atoms with van der Waals surface area (Å²) in [5.41, 5.74) is 1.12. The molecule has 1 atom stereocenters. The van der Waals surface area contributed by atoms with E-state index in [-0.39, 0.29) is 30.9 Å². The van der Waals surface area contributed by atoms with Gasteiger partial charge in [-0.25, -0.2) is 0 Å². The van der Waals surface area contributed by atoms with Crippen molar-refractivity contribution in [2.45, 2.75) is 6.04 Å². The normalized spacial score (nSPS) is 16.9. The fourth-order valence-electron chi connectivity index (χ4n) is 2.17. The summed E-state index contributed by atoms with van der Waals surface area (Å²) in [5.74, 6) is 0. The number of benzene rings is 1. The van der Waals surface area contributed by atoms with Gasteiger partial charge >= 0.3 is 0 Å². The van der Waals surface area contributed by atoms with Crippen molar-refractivity contribution in [1.82, 2.24) is 10.2 Å². The van der Waals surface area contributed by atoms with E-state index >= 15 is 0 Å². The molecular weight excluding hydrogens is 370 g/mol. The van der Waals surface area contributed by atoms with Crippen LogP contribution in [0, 0.1) is 0 Å². The van der Waals surface area contributed by atoms with Crippen LogP contribution in [0.3, 0.4) is 0 Å². The van der Waals surface area contributed by atoms with Crippen molar-refractivity contribution in [3.8, 4) is 0 Å². The Hall–Kier alpha value is 0.230. The lowest BCUT2D eigenvalue weighted by atomic mass is 10.0. The molecule has 1 aliphatic rings. The van der Waals surface area contributed by atoms with Crippen molar-refractivity contribution in [2.24, 2.45) is 0 Å². The van der Waals surface area contributed by atoms with Gasteiger partial charge in [-0.05, 0) is 23.8 Å². The number of halogens is 4. The van der Waals surface area contributed by atoms with Crippen LogP contribution >= 0.6 is 52.3 Å². The summed E-state index contributed by atoms with van der Waals surface area (Å²) in [5, 5.41) is 4.16. The lowest BCUT2D eigenvalue weighted by Crippen LogP contribution is -2.44. The first-order chi connectivity index (χ1) is 8.22. The van der Waals surface area contributed by atoms with Gasteiger partial charge in [0.05, 0.1) is 6.04 Å². The predicted octanol–water partition coefficient (Wildman–Crippen LogP) is 4.08. The molecule has 1 heterocycles. The van der Waals surface area contributed by atoms with Gasteiger partial charge in [-0.1, -0.05) is 33.6 Å². The maximum Gasteiger partial charge on any atom is 0.0545 e. The molecule has 0 bridgehead atoms. The highest BCUT2D eigenvalue weighted by atomic mass is 79.9. The second-order valence-corrected chi connectivity index (χ2v) is 5.46. The molecule has 1 N–H and O–H groups in total. The largest absolute Gasteiger partial charge is 0.314 e. The van der Waals surface area contributed by atoms with Gasteiger partial charge in [-0.2, -0.15) is 0 Å². The molecule has 19 heavy (non-hydrogen) atoms. The molecule has 2 rings (SSSR count). The lowest BCUT2D eigenvalue weighted by molar-refractivity contribution is 0.203. The fraction of sp³-hybridized carbons (Fsp3) is 0.385. The predicted molar refractivity (Wildman–Crippen MR) is 91.0 cm³/mol. The number of hydrogen-bond acceptors (Lipinski definition) is 2. The van der Waals surface area contributed by atoms with Crippen LogP contribution in [0.25, 0.3) is 0 Å². The molecule has 2 nitrogen and oxygen atoms in total. The van der Waals surface area contributed by atoms with E-state index in [0.717, 1.165) is 41.2 Å². The minimum Gasteiger partial charge on any atom is -0.314 e. The number of nitrogens with one attached hydrogen (secondary N) is 1. The third-order valence-electron chi connectivity index (χ3n) is 3.04. The Labute approximate surface area is 140 Å². The molecular formula is C13H18BrCl3N2. The van der Waals surface area contributed by atoms with Gasteiger partial charge in [0.15, 0.2) is 0 Å². The maximum absolute atomic E-state index is 6.28.